The van der Waals surface area contributed by atoms with Crippen LogP contribution in [0.25, 0.3) is 5.69 Å². The Morgan fingerprint density at radius 1 is 1.27 bits per heavy atom. The minimum Gasteiger partial charge on any atom is -0.466 e. The zero-order chi connectivity index (χ0) is 22.8. The Morgan fingerprint density at radius 2 is 1.90 bits per heavy atom. The Morgan fingerprint density at radius 3 is 2.47 bits per heavy atom. The van der Waals surface area contributed by atoms with Gasteiger partial charge in [-0.15, -0.1) is 0 Å². The van der Waals surface area contributed by atoms with E-state index in [1.165, 1.54) is 6.92 Å². The topological polar surface area (TPSA) is 91.9 Å². The molecule has 0 aliphatic heterocycles. The number of esters is 1. The SMILES string of the molecule is COC(=O)[C@H](C)O/N=C/c1cc(-n2c(=O)cc(C(F)(F)F)n(C)c2=O)c(F)cc1Cl. The Labute approximate surface area is 170 Å². The third-order valence-electron chi connectivity index (χ3n) is 3.86. The van der Waals surface area contributed by atoms with E-state index in [1.807, 2.05) is 0 Å². The van der Waals surface area contributed by atoms with E-state index < -0.39 is 46.7 Å². The maximum absolute atomic E-state index is 14.4. The van der Waals surface area contributed by atoms with Crippen LogP contribution >= 0.6 is 11.6 Å². The summed E-state index contributed by atoms with van der Waals surface area (Å²) in [5, 5.41) is 3.29. The largest absolute Gasteiger partial charge is 0.466 e. The van der Waals surface area contributed by atoms with E-state index in [0.29, 0.717) is 0 Å². The van der Waals surface area contributed by atoms with Crippen LogP contribution in [0.4, 0.5) is 17.6 Å². The van der Waals surface area contributed by atoms with Crippen LogP contribution in [0.3, 0.4) is 0 Å². The molecule has 162 valence electrons. The van der Waals surface area contributed by atoms with Crippen molar-refractivity contribution in [3.8, 4) is 5.69 Å². The number of carbonyl (C=O) groups excluding carboxylic acids is 1. The molecule has 0 saturated heterocycles. The van der Waals surface area contributed by atoms with Crippen molar-refractivity contribution in [2.24, 2.45) is 12.2 Å². The highest BCUT2D eigenvalue weighted by molar-refractivity contribution is 6.33. The van der Waals surface area contributed by atoms with Crippen molar-refractivity contribution < 1.29 is 31.9 Å². The molecule has 13 heteroatoms. The molecule has 1 atom stereocenters. The van der Waals surface area contributed by atoms with Gasteiger partial charge in [0.05, 0.1) is 24.0 Å². The van der Waals surface area contributed by atoms with Crippen LogP contribution in [0.15, 0.2) is 32.9 Å². The lowest BCUT2D eigenvalue weighted by molar-refractivity contribution is -0.152. The number of oxime groups is 1. The predicted octanol–water partition coefficient (Wildman–Crippen LogP) is 2.26. The Balaban J connectivity index is 2.56. The first-order valence-corrected chi connectivity index (χ1v) is 8.43. The number of nitrogens with zero attached hydrogens (tertiary/aromatic N) is 3. The molecular formula is C17H14ClF4N3O5. The van der Waals surface area contributed by atoms with E-state index >= 15 is 0 Å². The van der Waals surface area contributed by atoms with Gasteiger partial charge in [-0.1, -0.05) is 16.8 Å². The van der Waals surface area contributed by atoms with Crippen LogP contribution in [-0.4, -0.2) is 34.5 Å². The van der Waals surface area contributed by atoms with Crippen LogP contribution in [0, 0.1) is 5.82 Å². The monoisotopic (exact) mass is 451 g/mol. The van der Waals surface area contributed by atoms with E-state index in [4.69, 9.17) is 16.4 Å². The summed E-state index contributed by atoms with van der Waals surface area (Å²) >= 11 is 5.89. The van der Waals surface area contributed by atoms with E-state index in [0.717, 1.165) is 32.5 Å². The highest BCUT2D eigenvalue weighted by Crippen LogP contribution is 2.27. The van der Waals surface area contributed by atoms with Gasteiger partial charge in [0, 0.05) is 18.7 Å². The number of benzene rings is 1. The fraction of sp³-hybridized carbons (Fsp3) is 0.294. The van der Waals surface area contributed by atoms with Crippen molar-refractivity contribution in [1.29, 1.82) is 0 Å². The molecule has 0 aliphatic carbocycles. The summed E-state index contributed by atoms with van der Waals surface area (Å²) in [6.07, 6.45) is -5.07. The van der Waals surface area contributed by atoms with Crippen molar-refractivity contribution >= 4 is 23.8 Å². The third-order valence-corrected chi connectivity index (χ3v) is 4.19. The lowest BCUT2D eigenvalue weighted by atomic mass is 10.2. The maximum Gasteiger partial charge on any atom is 0.431 e. The first kappa shape index (κ1) is 23.1. The highest BCUT2D eigenvalue weighted by Gasteiger charge is 2.35. The predicted molar refractivity (Wildman–Crippen MR) is 97.4 cm³/mol. The van der Waals surface area contributed by atoms with E-state index in [9.17, 15) is 31.9 Å². The second kappa shape index (κ2) is 8.69. The number of halogens is 5. The van der Waals surface area contributed by atoms with Crippen LogP contribution in [0.5, 0.6) is 0 Å². The molecule has 1 aromatic heterocycles. The van der Waals surface area contributed by atoms with Gasteiger partial charge in [-0.2, -0.15) is 13.2 Å². The average molecular weight is 452 g/mol. The summed E-state index contributed by atoms with van der Waals surface area (Å²) in [6.45, 7) is 1.34. The number of rotatable bonds is 5. The minimum atomic E-state index is -4.96. The van der Waals surface area contributed by atoms with Gasteiger partial charge < -0.3 is 9.57 Å². The van der Waals surface area contributed by atoms with Gasteiger partial charge in [0.1, 0.15) is 11.5 Å². The molecule has 0 saturated carbocycles. The number of ether oxygens (including phenoxy) is 1. The maximum atomic E-state index is 14.4. The van der Waals surface area contributed by atoms with Crippen molar-refractivity contribution in [2.75, 3.05) is 7.11 Å². The smallest absolute Gasteiger partial charge is 0.431 e. The average Bonchev–Trinajstić information content (AvgIpc) is 2.65. The van der Waals surface area contributed by atoms with Gasteiger partial charge in [-0.25, -0.2) is 18.5 Å². The standard InChI is InChI=1S/C17H14ClF4N3O5/c1-8(15(27)29-3)30-23-7-9-4-12(11(19)5-10(9)18)25-14(26)6-13(17(20,21)22)24(2)16(25)28/h4-8H,1-3H3/b23-7+/t8-/m0/s1. The number of carbonyl (C=O) groups is 1. The molecule has 0 spiro atoms. The molecule has 0 radical (unpaired) electrons. The molecule has 30 heavy (non-hydrogen) atoms. The molecule has 0 aliphatic rings. The normalized spacial score (nSPS) is 12.8. The lowest BCUT2D eigenvalue weighted by Crippen LogP contribution is -2.41. The minimum absolute atomic E-state index is 0.0426. The Kier molecular flexibility index (Phi) is 6.70. The zero-order valence-electron chi connectivity index (χ0n) is 15.7. The number of alkyl halides is 3. The van der Waals surface area contributed by atoms with Crippen molar-refractivity contribution in [2.45, 2.75) is 19.2 Å². The number of methoxy groups -OCH3 is 1. The lowest BCUT2D eigenvalue weighted by Gasteiger charge is -2.14. The first-order valence-electron chi connectivity index (χ1n) is 8.05. The van der Waals surface area contributed by atoms with Crippen LogP contribution in [0.2, 0.25) is 5.02 Å². The van der Waals surface area contributed by atoms with Gasteiger partial charge in [-0.3, -0.25) is 9.36 Å². The molecule has 1 aromatic carbocycles. The summed E-state index contributed by atoms with van der Waals surface area (Å²) in [5.41, 5.74) is -5.00. The Hall–Kier alpha value is -3.15. The van der Waals surface area contributed by atoms with Crippen LogP contribution < -0.4 is 11.2 Å². The number of hydrogen-bond donors (Lipinski definition) is 0. The second-order valence-electron chi connectivity index (χ2n) is 5.87. The van der Waals surface area contributed by atoms with Gasteiger partial charge in [-0.05, 0) is 19.1 Å². The summed E-state index contributed by atoms with van der Waals surface area (Å²) in [7, 11) is 1.93. The van der Waals surface area contributed by atoms with Crippen LogP contribution in [-0.2, 0) is 27.6 Å². The summed E-state index contributed by atoms with van der Waals surface area (Å²) in [5.74, 6) is -1.86. The van der Waals surface area contributed by atoms with E-state index in [-0.39, 0.29) is 25.8 Å². The third kappa shape index (κ3) is 4.70. The number of hydrogen-bond acceptors (Lipinski definition) is 6. The van der Waals surface area contributed by atoms with Crippen molar-refractivity contribution in [3.05, 3.63) is 61.1 Å². The van der Waals surface area contributed by atoms with Gasteiger partial charge in [0.15, 0.2) is 0 Å². The number of aromatic nitrogens is 2. The summed E-state index contributed by atoms with van der Waals surface area (Å²) < 4.78 is 58.1. The first-order chi connectivity index (χ1) is 13.9. The van der Waals surface area contributed by atoms with Gasteiger partial charge in [0.25, 0.3) is 5.56 Å². The Bertz CT molecular complexity index is 1120. The molecule has 0 amide bonds. The van der Waals surface area contributed by atoms with Crippen LogP contribution in [0.1, 0.15) is 18.2 Å². The molecular weight excluding hydrogens is 438 g/mol. The summed E-state index contributed by atoms with van der Waals surface area (Å²) in [6, 6.07) is 1.83. The molecule has 0 N–H and O–H groups in total. The quantitative estimate of drug-likeness (QED) is 0.301. The molecule has 1 heterocycles. The van der Waals surface area contributed by atoms with E-state index in [2.05, 4.69) is 9.89 Å². The zero-order valence-corrected chi connectivity index (χ0v) is 16.4. The summed E-state index contributed by atoms with van der Waals surface area (Å²) in [4.78, 5) is 40.6. The fourth-order valence-electron chi connectivity index (χ4n) is 2.33. The van der Waals surface area contributed by atoms with E-state index in [1.54, 1.807) is 0 Å². The fourth-order valence-corrected chi connectivity index (χ4v) is 2.53. The van der Waals surface area contributed by atoms with Crippen molar-refractivity contribution in [1.82, 2.24) is 9.13 Å². The molecule has 0 bridgehead atoms. The van der Waals surface area contributed by atoms with Crippen molar-refractivity contribution in [3.63, 3.8) is 0 Å². The van der Waals surface area contributed by atoms with Gasteiger partial charge >= 0.3 is 17.8 Å². The molecule has 2 rings (SSSR count). The molecule has 0 fully saturated rings. The second-order valence-corrected chi connectivity index (χ2v) is 6.28. The van der Waals surface area contributed by atoms with Gasteiger partial charge in [0.2, 0.25) is 6.10 Å². The highest BCUT2D eigenvalue weighted by atomic mass is 35.5. The molecule has 0 unspecified atom stereocenters. The molecule has 2 aromatic rings. The molecule has 8 nitrogen and oxygen atoms in total.